The highest BCUT2D eigenvalue weighted by atomic mass is 35.5. The molecule has 0 spiro atoms. The van der Waals surface area contributed by atoms with Crippen molar-refractivity contribution in [2.24, 2.45) is 0 Å². The number of carbonyl (C=O) groups excluding carboxylic acids is 2. The highest BCUT2D eigenvalue weighted by Gasteiger charge is 2.39. The molecule has 0 radical (unpaired) electrons. The Bertz CT molecular complexity index is 1360. The van der Waals surface area contributed by atoms with Crippen molar-refractivity contribution in [2.45, 2.75) is 24.8 Å². The molecule has 40 heavy (non-hydrogen) atoms. The fraction of sp³-hybridized carbons (Fsp3) is 0.241. The van der Waals surface area contributed by atoms with Crippen LogP contribution in [0.2, 0.25) is 5.02 Å². The van der Waals surface area contributed by atoms with Crippen molar-refractivity contribution in [3.63, 3.8) is 0 Å². The summed E-state index contributed by atoms with van der Waals surface area (Å²) < 4.78 is 80.5. The van der Waals surface area contributed by atoms with Crippen LogP contribution in [0.3, 0.4) is 0 Å². The molecule has 1 aliphatic heterocycles. The number of alkyl halides is 6. The minimum atomic E-state index is -5.08. The number of amides is 2. The van der Waals surface area contributed by atoms with Gasteiger partial charge in [0, 0.05) is 36.3 Å². The average molecular weight is 581 g/mol. The number of benzene rings is 3. The SMILES string of the molecule is O=C(C=Cc1ccc(Cl)cc1)N1CCN(C(=O)c2cc(C(F)(F)F)cc(C(F)(F)F)c2)[C@H](Cc2ccccc2)C1. The van der Waals surface area contributed by atoms with Gasteiger partial charge in [0.15, 0.2) is 0 Å². The second kappa shape index (κ2) is 11.8. The third kappa shape index (κ3) is 7.24. The van der Waals surface area contributed by atoms with E-state index >= 15 is 0 Å². The molecule has 1 aliphatic rings. The third-order valence-electron chi connectivity index (χ3n) is 6.49. The average Bonchev–Trinajstić information content (AvgIpc) is 2.91. The predicted octanol–water partition coefficient (Wildman–Crippen LogP) is 6.99. The maximum atomic E-state index is 13.4. The first kappa shape index (κ1) is 29.2. The maximum Gasteiger partial charge on any atom is 0.416 e. The lowest BCUT2D eigenvalue weighted by molar-refractivity contribution is -0.143. The Balaban J connectivity index is 1.62. The van der Waals surface area contributed by atoms with Gasteiger partial charge in [0.05, 0.1) is 17.2 Å². The topological polar surface area (TPSA) is 40.6 Å². The van der Waals surface area contributed by atoms with Gasteiger partial charge in [-0.3, -0.25) is 9.59 Å². The zero-order valence-corrected chi connectivity index (χ0v) is 21.6. The molecule has 0 N–H and O–H groups in total. The molecule has 0 bridgehead atoms. The van der Waals surface area contributed by atoms with Gasteiger partial charge in [-0.1, -0.05) is 54.1 Å². The van der Waals surface area contributed by atoms with E-state index in [1.54, 1.807) is 60.7 Å². The lowest BCUT2D eigenvalue weighted by atomic mass is 9.99. The standard InChI is InChI=1S/C29H23ClF6N2O2/c30-24-9-6-19(7-10-24)8-11-26(39)37-12-13-38(25(18-37)14-20-4-2-1-3-5-20)27(40)21-15-22(28(31,32)33)17-23(16-21)29(34,35)36/h1-11,15-17,25H,12-14,18H2/t25-/m1/s1. The molecule has 210 valence electrons. The summed E-state index contributed by atoms with van der Waals surface area (Å²) in [4.78, 5) is 29.1. The fourth-order valence-corrected chi connectivity index (χ4v) is 4.60. The van der Waals surface area contributed by atoms with Crippen molar-refractivity contribution in [2.75, 3.05) is 19.6 Å². The minimum Gasteiger partial charge on any atom is -0.335 e. The summed E-state index contributed by atoms with van der Waals surface area (Å²) in [7, 11) is 0. The Hall–Kier alpha value is -3.79. The van der Waals surface area contributed by atoms with Gasteiger partial charge in [0.1, 0.15) is 0 Å². The van der Waals surface area contributed by atoms with E-state index in [1.807, 2.05) is 0 Å². The summed E-state index contributed by atoms with van der Waals surface area (Å²) in [5.74, 6) is -1.32. The molecule has 0 saturated carbocycles. The first-order valence-electron chi connectivity index (χ1n) is 12.2. The molecule has 11 heteroatoms. The highest BCUT2D eigenvalue weighted by molar-refractivity contribution is 6.30. The molecule has 3 aromatic carbocycles. The van der Waals surface area contributed by atoms with Gasteiger partial charge in [-0.15, -0.1) is 0 Å². The Kier molecular flexibility index (Phi) is 8.58. The summed E-state index contributed by atoms with van der Waals surface area (Å²) in [6, 6.07) is 15.9. The summed E-state index contributed by atoms with van der Waals surface area (Å²) in [6.07, 6.45) is -6.96. The van der Waals surface area contributed by atoms with Crippen molar-refractivity contribution in [3.05, 3.63) is 112 Å². The van der Waals surface area contributed by atoms with Crippen LogP contribution >= 0.6 is 11.6 Å². The number of rotatable bonds is 5. The smallest absolute Gasteiger partial charge is 0.335 e. The third-order valence-corrected chi connectivity index (χ3v) is 6.74. The van der Waals surface area contributed by atoms with Gasteiger partial charge >= 0.3 is 12.4 Å². The lowest BCUT2D eigenvalue weighted by Crippen LogP contribution is -2.57. The fourth-order valence-electron chi connectivity index (χ4n) is 4.47. The van der Waals surface area contributed by atoms with E-state index in [0.29, 0.717) is 17.2 Å². The van der Waals surface area contributed by atoms with E-state index in [1.165, 1.54) is 15.9 Å². The second-order valence-electron chi connectivity index (χ2n) is 9.31. The summed E-state index contributed by atoms with van der Waals surface area (Å²) in [5.41, 5.74) is -2.32. The monoisotopic (exact) mass is 580 g/mol. The van der Waals surface area contributed by atoms with Crippen molar-refractivity contribution in [1.82, 2.24) is 9.80 Å². The zero-order valence-electron chi connectivity index (χ0n) is 20.8. The van der Waals surface area contributed by atoms with Crippen molar-refractivity contribution >= 4 is 29.5 Å². The predicted molar refractivity (Wildman–Crippen MR) is 138 cm³/mol. The molecule has 2 amide bonds. The Morgan fingerprint density at radius 3 is 2.02 bits per heavy atom. The molecule has 4 rings (SSSR count). The first-order valence-corrected chi connectivity index (χ1v) is 12.6. The van der Waals surface area contributed by atoms with Crippen LogP contribution in [0.15, 0.2) is 78.9 Å². The minimum absolute atomic E-state index is 0.0120. The summed E-state index contributed by atoms with van der Waals surface area (Å²) >= 11 is 5.88. The van der Waals surface area contributed by atoms with Crippen LogP contribution in [0.1, 0.15) is 32.6 Å². The second-order valence-corrected chi connectivity index (χ2v) is 9.74. The van der Waals surface area contributed by atoms with Crippen LogP contribution in [0.4, 0.5) is 26.3 Å². The molecule has 1 fully saturated rings. The molecule has 4 nitrogen and oxygen atoms in total. The van der Waals surface area contributed by atoms with E-state index in [9.17, 15) is 35.9 Å². The molecule has 0 unspecified atom stereocenters. The molecule has 1 heterocycles. The van der Waals surface area contributed by atoms with Crippen molar-refractivity contribution in [3.8, 4) is 0 Å². The van der Waals surface area contributed by atoms with Gasteiger partial charge in [-0.2, -0.15) is 26.3 Å². The van der Waals surface area contributed by atoms with Gasteiger partial charge in [0.25, 0.3) is 5.91 Å². The van der Waals surface area contributed by atoms with Gasteiger partial charge in [-0.25, -0.2) is 0 Å². The number of nitrogens with zero attached hydrogens (tertiary/aromatic N) is 2. The Labute approximate surface area is 231 Å². The number of carbonyl (C=O) groups is 2. The van der Waals surface area contributed by atoms with Crippen LogP contribution < -0.4 is 0 Å². The lowest BCUT2D eigenvalue weighted by Gasteiger charge is -2.41. The van der Waals surface area contributed by atoms with Crippen LogP contribution in [-0.2, 0) is 23.6 Å². The largest absolute Gasteiger partial charge is 0.416 e. The van der Waals surface area contributed by atoms with Gasteiger partial charge < -0.3 is 9.80 Å². The molecule has 1 saturated heterocycles. The van der Waals surface area contributed by atoms with Crippen LogP contribution in [0.25, 0.3) is 6.08 Å². The van der Waals surface area contributed by atoms with E-state index < -0.39 is 41.0 Å². The summed E-state index contributed by atoms with van der Waals surface area (Å²) in [6.45, 7) is 0.00980. The number of piperazine rings is 1. The molecule has 1 atom stereocenters. The van der Waals surface area contributed by atoms with Crippen LogP contribution in [0.5, 0.6) is 0 Å². The number of hydrogen-bond acceptors (Lipinski definition) is 2. The molecule has 0 aromatic heterocycles. The maximum absolute atomic E-state index is 13.4. The molecular formula is C29H23ClF6N2O2. The van der Waals surface area contributed by atoms with Gasteiger partial charge in [-0.05, 0) is 54.0 Å². The molecule has 0 aliphatic carbocycles. The summed E-state index contributed by atoms with van der Waals surface area (Å²) in [5, 5.41) is 0.538. The quantitative estimate of drug-likeness (QED) is 0.241. The van der Waals surface area contributed by atoms with Crippen LogP contribution in [0, 0.1) is 0 Å². The Morgan fingerprint density at radius 2 is 1.45 bits per heavy atom. The zero-order chi connectivity index (χ0) is 29.1. The van der Waals surface area contributed by atoms with E-state index in [-0.39, 0.29) is 38.0 Å². The highest BCUT2D eigenvalue weighted by Crippen LogP contribution is 2.37. The van der Waals surface area contributed by atoms with E-state index in [4.69, 9.17) is 11.6 Å². The molecular weight excluding hydrogens is 558 g/mol. The number of hydrogen-bond donors (Lipinski definition) is 0. The molecule has 3 aromatic rings. The first-order chi connectivity index (χ1) is 18.8. The van der Waals surface area contributed by atoms with E-state index in [0.717, 1.165) is 11.1 Å². The van der Waals surface area contributed by atoms with Crippen molar-refractivity contribution < 1.29 is 35.9 Å². The van der Waals surface area contributed by atoms with Crippen molar-refractivity contribution in [1.29, 1.82) is 0 Å². The van der Waals surface area contributed by atoms with E-state index in [2.05, 4.69) is 0 Å². The van der Waals surface area contributed by atoms with Gasteiger partial charge in [0.2, 0.25) is 5.91 Å². The Morgan fingerprint density at radius 1 is 0.850 bits per heavy atom. The number of halogens is 7. The normalized spacial score (nSPS) is 16.4. The van der Waals surface area contributed by atoms with Crippen LogP contribution in [-0.4, -0.2) is 47.3 Å².